The summed E-state index contributed by atoms with van der Waals surface area (Å²) in [6, 6.07) is 12.7. The van der Waals surface area contributed by atoms with E-state index in [2.05, 4.69) is 4.99 Å². The number of benzene rings is 2. The predicted molar refractivity (Wildman–Crippen MR) is 125 cm³/mol. The van der Waals surface area contributed by atoms with Crippen LogP contribution >= 0.6 is 11.3 Å². The third kappa shape index (κ3) is 5.24. The molecular weight excluding hydrogens is 465 g/mol. The van der Waals surface area contributed by atoms with Gasteiger partial charge in [-0.15, -0.1) is 0 Å². The molecule has 1 fully saturated rings. The van der Waals surface area contributed by atoms with Gasteiger partial charge in [-0.2, -0.15) is 9.30 Å². The summed E-state index contributed by atoms with van der Waals surface area (Å²) in [5, 5.41) is 0. The molecule has 4 rings (SSSR count). The van der Waals surface area contributed by atoms with Gasteiger partial charge in [0.25, 0.3) is 5.91 Å². The van der Waals surface area contributed by atoms with Crippen LogP contribution in [0.1, 0.15) is 19.8 Å². The number of halogens is 1. The van der Waals surface area contributed by atoms with E-state index < -0.39 is 15.8 Å². The van der Waals surface area contributed by atoms with E-state index in [9.17, 15) is 17.6 Å². The first-order valence-corrected chi connectivity index (χ1v) is 13.2. The molecule has 0 unspecified atom stereocenters. The molecule has 1 aliphatic rings. The summed E-state index contributed by atoms with van der Waals surface area (Å²) < 4.78 is 48.7. The van der Waals surface area contributed by atoms with Crippen molar-refractivity contribution in [2.45, 2.75) is 31.2 Å². The third-order valence-electron chi connectivity index (χ3n) is 5.71. The maximum Gasteiger partial charge on any atom is 0.251 e. The molecule has 1 aromatic heterocycles. The Labute approximate surface area is 196 Å². The van der Waals surface area contributed by atoms with Gasteiger partial charge < -0.3 is 9.30 Å². The molecule has 10 heteroatoms. The van der Waals surface area contributed by atoms with Gasteiger partial charge in [-0.3, -0.25) is 4.79 Å². The van der Waals surface area contributed by atoms with E-state index in [0.29, 0.717) is 37.4 Å². The number of nitrogens with zero attached hydrogens (tertiary/aromatic N) is 3. The number of hydrogen-bond acceptors (Lipinski definition) is 5. The zero-order chi connectivity index (χ0) is 23.4. The molecule has 1 amide bonds. The van der Waals surface area contributed by atoms with Crippen molar-refractivity contribution in [1.82, 2.24) is 8.87 Å². The number of carbonyl (C=O) groups excluding carboxylic acids is 1. The summed E-state index contributed by atoms with van der Waals surface area (Å²) in [4.78, 5) is 18.1. The lowest BCUT2D eigenvalue weighted by Crippen LogP contribution is -2.40. The Hall–Kier alpha value is -2.40. The lowest BCUT2D eigenvalue weighted by Gasteiger charge is -2.29. The first-order chi connectivity index (χ1) is 15.9. The minimum atomic E-state index is -3.71. The number of ether oxygens (including phenoxy) is 1. The number of rotatable bonds is 7. The number of para-hydroxylation sites is 1. The predicted octanol–water partition coefficient (Wildman–Crippen LogP) is 3.41. The molecule has 2 heterocycles. The van der Waals surface area contributed by atoms with Gasteiger partial charge in [0, 0.05) is 32.2 Å². The zero-order valence-corrected chi connectivity index (χ0v) is 19.9. The Morgan fingerprint density at radius 1 is 1.15 bits per heavy atom. The molecule has 1 aliphatic heterocycles. The molecule has 0 spiro atoms. The van der Waals surface area contributed by atoms with E-state index in [0.717, 1.165) is 22.3 Å². The largest absolute Gasteiger partial charge is 0.380 e. The number of hydrogen-bond donors (Lipinski definition) is 0. The highest BCUT2D eigenvalue weighted by Gasteiger charge is 2.32. The van der Waals surface area contributed by atoms with E-state index in [1.807, 2.05) is 35.8 Å². The second-order valence-corrected chi connectivity index (χ2v) is 10.7. The van der Waals surface area contributed by atoms with Crippen LogP contribution < -0.4 is 4.80 Å². The van der Waals surface area contributed by atoms with Gasteiger partial charge in [-0.25, -0.2) is 12.8 Å². The molecule has 176 valence electrons. The monoisotopic (exact) mass is 491 g/mol. The van der Waals surface area contributed by atoms with Crippen molar-refractivity contribution in [3.05, 3.63) is 59.1 Å². The molecule has 0 N–H and O–H groups in total. The van der Waals surface area contributed by atoms with Crippen molar-refractivity contribution in [1.29, 1.82) is 0 Å². The molecule has 2 aromatic carbocycles. The molecule has 7 nitrogen and oxygen atoms in total. The van der Waals surface area contributed by atoms with Crippen molar-refractivity contribution >= 4 is 37.5 Å². The van der Waals surface area contributed by atoms with Gasteiger partial charge in [0.1, 0.15) is 5.82 Å². The molecule has 33 heavy (non-hydrogen) atoms. The van der Waals surface area contributed by atoms with E-state index in [1.54, 1.807) is 0 Å². The number of sulfonamides is 1. The summed E-state index contributed by atoms with van der Waals surface area (Å²) in [6.45, 7) is 4.13. The fourth-order valence-corrected chi connectivity index (χ4v) is 6.44. The molecule has 0 bridgehead atoms. The van der Waals surface area contributed by atoms with Crippen LogP contribution in [0.4, 0.5) is 4.39 Å². The quantitative estimate of drug-likeness (QED) is 0.475. The number of amides is 1. The third-order valence-corrected chi connectivity index (χ3v) is 8.68. The van der Waals surface area contributed by atoms with Crippen molar-refractivity contribution in [2.24, 2.45) is 10.9 Å². The molecular formula is C23H26FN3O4S2. The van der Waals surface area contributed by atoms with Crippen molar-refractivity contribution in [3.63, 3.8) is 0 Å². The maximum atomic E-state index is 13.2. The van der Waals surface area contributed by atoms with Crippen LogP contribution in [0.3, 0.4) is 0 Å². The molecule has 0 saturated carbocycles. The minimum absolute atomic E-state index is 0.0546. The van der Waals surface area contributed by atoms with Crippen LogP contribution in [0.25, 0.3) is 10.2 Å². The highest BCUT2D eigenvalue weighted by Crippen LogP contribution is 2.25. The Kier molecular flexibility index (Phi) is 7.38. The topological polar surface area (TPSA) is 81.0 Å². The summed E-state index contributed by atoms with van der Waals surface area (Å²) in [5.74, 6) is -1.06. The number of fused-ring (bicyclic) bond motifs is 1. The molecule has 0 atom stereocenters. The van der Waals surface area contributed by atoms with Crippen molar-refractivity contribution in [2.75, 3.05) is 26.3 Å². The minimum Gasteiger partial charge on any atom is -0.380 e. The first kappa shape index (κ1) is 23.7. The highest BCUT2D eigenvalue weighted by molar-refractivity contribution is 7.89. The van der Waals surface area contributed by atoms with E-state index in [4.69, 9.17) is 4.74 Å². The SMILES string of the molecule is CCOCCn1c(=NC(=O)C2CCN(S(=O)(=O)c3ccc(F)cc3)CC2)sc2ccccc21. The van der Waals surface area contributed by atoms with Crippen LogP contribution in [0.5, 0.6) is 0 Å². The van der Waals surface area contributed by atoms with Crippen molar-refractivity contribution < 1.29 is 22.3 Å². The van der Waals surface area contributed by atoms with Crippen LogP contribution in [0, 0.1) is 11.7 Å². The van der Waals surface area contributed by atoms with Gasteiger partial charge in [-0.05, 0) is 56.2 Å². The Balaban J connectivity index is 1.49. The molecule has 0 radical (unpaired) electrons. The van der Waals surface area contributed by atoms with E-state index in [1.165, 1.54) is 27.8 Å². The van der Waals surface area contributed by atoms with Gasteiger partial charge in [-0.1, -0.05) is 23.5 Å². The number of piperidine rings is 1. The van der Waals surface area contributed by atoms with Gasteiger partial charge in [0.2, 0.25) is 10.0 Å². The van der Waals surface area contributed by atoms with Gasteiger partial charge >= 0.3 is 0 Å². The second-order valence-electron chi connectivity index (χ2n) is 7.78. The first-order valence-electron chi connectivity index (χ1n) is 10.9. The Bertz CT molecular complexity index is 1290. The van der Waals surface area contributed by atoms with Crippen LogP contribution in [-0.4, -0.2) is 49.5 Å². The molecule has 0 aliphatic carbocycles. The standard InChI is InChI=1S/C23H26FN3O4S2/c1-2-31-16-15-27-20-5-3-4-6-21(20)32-23(27)25-22(28)17-11-13-26(14-12-17)33(29,30)19-9-7-18(24)8-10-19/h3-10,17H,2,11-16H2,1H3. The van der Waals surface area contributed by atoms with Gasteiger partial charge in [0.15, 0.2) is 4.80 Å². The maximum absolute atomic E-state index is 13.2. The smallest absolute Gasteiger partial charge is 0.251 e. The van der Waals surface area contributed by atoms with Gasteiger partial charge in [0.05, 0.1) is 21.7 Å². The fourth-order valence-electron chi connectivity index (χ4n) is 3.91. The normalized spacial score (nSPS) is 16.5. The van der Waals surface area contributed by atoms with E-state index >= 15 is 0 Å². The zero-order valence-electron chi connectivity index (χ0n) is 18.3. The van der Waals surface area contributed by atoms with Crippen LogP contribution in [0.2, 0.25) is 0 Å². The number of thiazole rings is 1. The summed E-state index contributed by atoms with van der Waals surface area (Å²) in [6.07, 6.45) is 0.791. The van der Waals surface area contributed by atoms with Crippen molar-refractivity contribution in [3.8, 4) is 0 Å². The number of carbonyl (C=O) groups is 1. The average Bonchev–Trinajstić information content (AvgIpc) is 3.16. The Morgan fingerprint density at radius 2 is 1.85 bits per heavy atom. The summed E-state index contributed by atoms with van der Waals surface area (Å²) in [7, 11) is -3.71. The fraction of sp³-hybridized carbons (Fsp3) is 0.391. The number of aromatic nitrogens is 1. The summed E-state index contributed by atoms with van der Waals surface area (Å²) >= 11 is 1.46. The Morgan fingerprint density at radius 3 is 2.55 bits per heavy atom. The lowest BCUT2D eigenvalue weighted by atomic mass is 9.98. The average molecular weight is 492 g/mol. The van der Waals surface area contributed by atoms with Crippen LogP contribution in [-0.2, 0) is 26.1 Å². The van der Waals surface area contributed by atoms with Crippen LogP contribution in [0.15, 0.2) is 58.4 Å². The second kappa shape index (κ2) is 10.3. The summed E-state index contributed by atoms with van der Waals surface area (Å²) in [5.41, 5.74) is 1.01. The molecule has 1 saturated heterocycles. The van der Waals surface area contributed by atoms with E-state index in [-0.39, 0.29) is 29.8 Å². The highest BCUT2D eigenvalue weighted by atomic mass is 32.2. The lowest BCUT2D eigenvalue weighted by molar-refractivity contribution is -0.122. The molecule has 3 aromatic rings.